The van der Waals surface area contributed by atoms with E-state index >= 15 is 0 Å². The molecule has 2 aromatic rings. The van der Waals surface area contributed by atoms with E-state index in [0.717, 1.165) is 0 Å². The summed E-state index contributed by atoms with van der Waals surface area (Å²) in [5, 5.41) is 4.07. The van der Waals surface area contributed by atoms with Crippen molar-refractivity contribution in [1.29, 1.82) is 0 Å². The van der Waals surface area contributed by atoms with Gasteiger partial charge in [-0.2, -0.15) is 5.10 Å². The third kappa shape index (κ3) is 3.26. The van der Waals surface area contributed by atoms with Gasteiger partial charge in [-0.1, -0.05) is 15.9 Å². The van der Waals surface area contributed by atoms with E-state index in [-0.39, 0.29) is 18.2 Å². The summed E-state index contributed by atoms with van der Waals surface area (Å²) in [6.07, 6.45) is 1.53. The fourth-order valence-corrected chi connectivity index (χ4v) is 2.26. The van der Waals surface area contributed by atoms with Crippen molar-refractivity contribution in [3.8, 4) is 0 Å². The Hall–Kier alpha value is -1.56. The average molecular weight is 326 g/mol. The molecule has 6 heteroatoms. The molecule has 0 N–H and O–H groups in total. The maximum atomic E-state index is 13.3. The standard InChI is InChI=1S/C13H13BrFN3O/c1-8(2)18-13(16-7-17-18)6-12(19)9-3-10(14)5-11(15)4-9/h3-5,7-8H,6H2,1-2H3. The highest BCUT2D eigenvalue weighted by Gasteiger charge is 2.14. The van der Waals surface area contributed by atoms with Crippen molar-refractivity contribution in [1.82, 2.24) is 14.8 Å². The second kappa shape index (κ2) is 5.61. The predicted molar refractivity (Wildman–Crippen MR) is 72.5 cm³/mol. The van der Waals surface area contributed by atoms with Crippen LogP contribution in [0.2, 0.25) is 0 Å². The van der Waals surface area contributed by atoms with Gasteiger partial charge in [-0.05, 0) is 32.0 Å². The molecule has 0 aliphatic rings. The largest absolute Gasteiger partial charge is 0.294 e. The monoisotopic (exact) mass is 325 g/mol. The second-order valence-electron chi connectivity index (χ2n) is 4.47. The van der Waals surface area contributed by atoms with Gasteiger partial charge in [-0.25, -0.2) is 14.1 Å². The highest BCUT2D eigenvalue weighted by molar-refractivity contribution is 9.10. The zero-order valence-electron chi connectivity index (χ0n) is 10.6. The van der Waals surface area contributed by atoms with E-state index in [4.69, 9.17) is 0 Å². The number of aromatic nitrogens is 3. The smallest absolute Gasteiger partial charge is 0.170 e. The minimum atomic E-state index is -0.442. The number of benzene rings is 1. The van der Waals surface area contributed by atoms with Gasteiger partial charge >= 0.3 is 0 Å². The number of ketones is 1. The van der Waals surface area contributed by atoms with Crippen LogP contribution in [0.5, 0.6) is 0 Å². The predicted octanol–water partition coefficient (Wildman–Crippen LogP) is 3.19. The molecule has 0 unspecified atom stereocenters. The summed E-state index contributed by atoms with van der Waals surface area (Å²) in [6, 6.07) is 4.27. The zero-order valence-corrected chi connectivity index (χ0v) is 12.2. The number of carbonyl (C=O) groups is 1. The Bertz CT molecular complexity index is 589. The Morgan fingerprint density at radius 1 is 1.42 bits per heavy atom. The Kier molecular flexibility index (Phi) is 4.09. The van der Waals surface area contributed by atoms with Crippen molar-refractivity contribution in [3.63, 3.8) is 0 Å². The maximum absolute atomic E-state index is 13.3. The first-order chi connectivity index (χ1) is 8.97. The van der Waals surface area contributed by atoms with Crippen molar-refractivity contribution in [2.45, 2.75) is 26.3 Å². The van der Waals surface area contributed by atoms with Gasteiger partial charge in [-0.15, -0.1) is 0 Å². The van der Waals surface area contributed by atoms with Crippen molar-refractivity contribution in [2.24, 2.45) is 0 Å². The number of hydrogen-bond donors (Lipinski definition) is 0. The Morgan fingerprint density at radius 2 is 2.16 bits per heavy atom. The van der Waals surface area contributed by atoms with Crippen LogP contribution in [-0.2, 0) is 6.42 Å². The van der Waals surface area contributed by atoms with E-state index in [1.165, 1.54) is 18.5 Å². The minimum absolute atomic E-state index is 0.105. The fourth-order valence-electron chi connectivity index (χ4n) is 1.79. The van der Waals surface area contributed by atoms with Gasteiger partial charge in [0, 0.05) is 16.1 Å². The molecule has 2 rings (SSSR count). The highest BCUT2D eigenvalue weighted by Crippen LogP contribution is 2.17. The number of rotatable bonds is 4. The molecule has 100 valence electrons. The molecule has 0 bridgehead atoms. The SMILES string of the molecule is CC(C)n1ncnc1CC(=O)c1cc(F)cc(Br)c1. The van der Waals surface area contributed by atoms with Crippen LogP contribution in [0.3, 0.4) is 0 Å². The molecule has 1 aromatic heterocycles. The van der Waals surface area contributed by atoms with Gasteiger partial charge in [0.05, 0.1) is 6.42 Å². The van der Waals surface area contributed by atoms with Crippen LogP contribution in [0.25, 0.3) is 0 Å². The fraction of sp³-hybridized carbons (Fsp3) is 0.308. The molecule has 0 atom stereocenters. The maximum Gasteiger partial charge on any atom is 0.170 e. The van der Waals surface area contributed by atoms with Crippen LogP contribution >= 0.6 is 15.9 Å². The lowest BCUT2D eigenvalue weighted by Gasteiger charge is -2.09. The summed E-state index contributed by atoms with van der Waals surface area (Å²) >= 11 is 3.17. The lowest BCUT2D eigenvalue weighted by molar-refractivity contribution is 0.0988. The summed E-state index contributed by atoms with van der Waals surface area (Å²) in [6.45, 7) is 3.92. The summed E-state index contributed by atoms with van der Waals surface area (Å²) in [7, 11) is 0. The summed E-state index contributed by atoms with van der Waals surface area (Å²) in [5.41, 5.74) is 0.324. The second-order valence-corrected chi connectivity index (χ2v) is 5.39. The Balaban J connectivity index is 2.23. The normalized spacial score (nSPS) is 11.0. The number of halogens is 2. The van der Waals surface area contributed by atoms with Crippen LogP contribution in [0.15, 0.2) is 29.0 Å². The van der Waals surface area contributed by atoms with Crippen molar-refractivity contribution < 1.29 is 9.18 Å². The topological polar surface area (TPSA) is 47.8 Å². The molecular weight excluding hydrogens is 313 g/mol. The van der Waals surface area contributed by atoms with Gasteiger partial charge in [0.2, 0.25) is 0 Å². The summed E-state index contributed by atoms with van der Waals surface area (Å²) in [4.78, 5) is 16.2. The van der Waals surface area contributed by atoms with Crippen LogP contribution < -0.4 is 0 Å². The summed E-state index contributed by atoms with van der Waals surface area (Å²) in [5.74, 6) is -0.0430. The van der Waals surface area contributed by atoms with E-state index in [2.05, 4.69) is 26.0 Å². The molecule has 0 radical (unpaired) electrons. The van der Waals surface area contributed by atoms with Crippen LogP contribution in [-0.4, -0.2) is 20.5 Å². The van der Waals surface area contributed by atoms with Crippen molar-refractivity contribution in [2.75, 3.05) is 0 Å². The lowest BCUT2D eigenvalue weighted by atomic mass is 10.1. The van der Waals surface area contributed by atoms with Gasteiger partial charge in [0.15, 0.2) is 5.78 Å². The van der Waals surface area contributed by atoms with E-state index < -0.39 is 5.82 Å². The number of nitrogens with zero attached hydrogens (tertiary/aromatic N) is 3. The number of carbonyl (C=O) groups excluding carboxylic acids is 1. The van der Waals surface area contributed by atoms with E-state index in [1.54, 1.807) is 10.7 Å². The van der Waals surface area contributed by atoms with E-state index in [0.29, 0.717) is 15.9 Å². The number of Topliss-reactive ketones (excluding diaryl/α,β-unsaturated/α-hetero) is 1. The molecule has 0 saturated carbocycles. The molecule has 0 aliphatic carbocycles. The van der Waals surface area contributed by atoms with Crippen molar-refractivity contribution in [3.05, 3.63) is 46.2 Å². The Morgan fingerprint density at radius 3 is 2.79 bits per heavy atom. The lowest BCUT2D eigenvalue weighted by Crippen LogP contribution is -2.13. The van der Waals surface area contributed by atoms with Gasteiger partial charge in [0.25, 0.3) is 0 Å². The van der Waals surface area contributed by atoms with Crippen molar-refractivity contribution >= 4 is 21.7 Å². The first kappa shape index (κ1) is 13.9. The number of hydrogen-bond acceptors (Lipinski definition) is 3. The molecular formula is C13H13BrFN3O. The van der Waals surface area contributed by atoms with Gasteiger partial charge < -0.3 is 0 Å². The van der Waals surface area contributed by atoms with E-state index in [1.807, 2.05) is 13.8 Å². The van der Waals surface area contributed by atoms with E-state index in [9.17, 15) is 9.18 Å². The quantitative estimate of drug-likeness (QED) is 0.811. The molecule has 0 saturated heterocycles. The van der Waals surface area contributed by atoms with Crippen LogP contribution in [0.1, 0.15) is 36.1 Å². The molecule has 0 fully saturated rings. The third-order valence-electron chi connectivity index (χ3n) is 2.64. The van der Waals surface area contributed by atoms with Crippen LogP contribution in [0.4, 0.5) is 4.39 Å². The van der Waals surface area contributed by atoms with Gasteiger partial charge in [-0.3, -0.25) is 4.79 Å². The molecule has 0 aliphatic heterocycles. The first-order valence-corrected chi connectivity index (χ1v) is 6.64. The highest BCUT2D eigenvalue weighted by atomic mass is 79.9. The average Bonchev–Trinajstić information content (AvgIpc) is 2.75. The Labute approximate surface area is 118 Å². The van der Waals surface area contributed by atoms with Crippen LogP contribution in [0, 0.1) is 5.82 Å². The molecule has 0 spiro atoms. The zero-order chi connectivity index (χ0) is 14.0. The summed E-state index contributed by atoms with van der Waals surface area (Å²) < 4.78 is 15.5. The molecule has 4 nitrogen and oxygen atoms in total. The third-order valence-corrected chi connectivity index (χ3v) is 3.10. The molecule has 0 amide bonds. The molecule has 19 heavy (non-hydrogen) atoms. The molecule has 1 aromatic carbocycles. The van der Waals surface area contributed by atoms with Gasteiger partial charge in [0.1, 0.15) is 18.0 Å². The minimum Gasteiger partial charge on any atom is -0.294 e. The molecule has 1 heterocycles. The first-order valence-electron chi connectivity index (χ1n) is 5.85.